The van der Waals surface area contributed by atoms with E-state index in [-0.39, 0.29) is 24.1 Å². The van der Waals surface area contributed by atoms with Crippen LogP contribution in [-0.4, -0.2) is 55.4 Å². The Hall–Kier alpha value is -4.43. The summed E-state index contributed by atoms with van der Waals surface area (Å²) in [6, 6.07) is 22.7. The Kier molecular flexibility index (Phi) is 6.77. The fourth-order valence-electron chi connectivity index (χ4n) is 4.01. The van der Waals surface area contributed by atoms with Crippen LogP contribution in [0.2, 0.25) is 0 Å². The van der Waals surface area contributed by atoms with Crippen LogP contribution in [-0.2, 0) is 9.53 Å². The molecule has 1 saturated heterocycles. The molecule has 0 atom stereocenters. The van der Waals surface area contributed by atoms with E-state index < -0.39 is 5.91 Å². The number of anilines is 1. The first kappa shape index (κ1) is 23.3. The van der Waals surface area contributed by atoms with Crippen molar-refractivity contribution in [3.05, 3.63) is 95.7 Å². The number of rotatable bonds is 7. The van der Waals surface area contributed by atoms with Crippen molar-refractivity contribution in [1.29, 1.82) is 0 Å². The Morgan fingerprint density at radius 3 is 2.25 bits per heavy atom. The Morgan fingerprint density at radius 1 is 0.833 bits per heavy atom. The molecule has 1 aliphatic rings. The van der Waals surface area contributed by atoms with Gasteiger partial charge in [0, 0.05) is 29.6 Å². The van der Waals surface area contributed by atoms with Gasteiger partial charge in [0.25, 0.3) is 11.8 Å². The van der Waals surface area contributed by atoms with Crippen molar-refractivity contribution < 1.29 is 28.3 Å². The maximum atomic E-state index is 13.1. The maximum absolute atomic E-state index is 13.1. The monoisotopic (exact) mass is 484 g/mol. The van der Waals surface area contributed by atoms with Gasteiger partial charge in [-0.25, -0.2) is 0 Å². The van der Waals surface area contributed by atoms with Crippen molar-refractivity contribution in [3.63, 3.8) is 0 Å². The number of ether oxygens (including phenoxy) is 2. The summed E-state index contributed by atoms with van der Waals surface area (Å²) in [5.41, 5.74) is 1.94. The van der Waals surface area contributed by atoms with E-state index in [4.69, 9.17) is 13.9 Å². The number of benzene rings is 3. The number of carbonyl (C=O) groups is 3. The minimum Gasteiger partial charge on any atom is -0.484 e. The summed E-state index contributed by atoms with van der Waals surface area (Å²) < 4.78 is 16.8. The molecule has 0 spiro atoms. The average Bonchev–Trinajstić information content (AvgIpc) is 3.30. The van der Waals surface area contributed by atoms with Gasteiger partial charge in [0.1, 0.15) is 17.0 Å². The predicted molar refractivity (Wildman–Crippen MR) is 133 cm³/mol. The zero-order valence-electron chi connectivity index (χ0n) is 19.4. The number of nitrogens with zero attached hydrogens (tertiary/aromatic N) is 1. The van der Waals surface area contributed by atoms with Crippen LogP contribution < -0.4 is 10.1 Å². The lowest BCUT2D eigenvalue weighted by molar-refractivity contribution is -0.118. The third-order valence-electron chi connectivity index (χ3n) is 5.87. The Morgan fingerprint density at radius 2 is 1.50 bits per heavy atom. The molecular formula is C28H24N2O6. The van der Waals surface area contributed by atoms with Gasteiger partial charge in [0.05, 0.1) is 13.2 Å². The fourth-order valence-corrected chi connectivity index (χ4v) is 4.01. The van der Waals surface area contributed by atoms with Gasteiger partial charge < -0.3 is 24.1 Å². The van der Waals surface area contributed by atoms with Crippen LogP contribution in [0.4, 0.5) is 5.69 Å². The van der Waals surface area contributed by atoms with E-state index in [1.54, 1.807) is 59.5 Å². The molecule has 0 aliphatic carbocycles. The number of hydrogen-bond donors (Lipinski definition) is 1. The predicted octanol–water partition coefficient (Wildman–Crippen LogP) is 4.15. The largest absolute Gasteiger partial charge is 0.484 e. The smallest absolute Gasteiger partial charge is 0.291 e. The zero-order valence-corrected chi connectivity index (χ0v) is 19.4. The molecule has 1 N–H and O–H groups in total. The number of amides is 2. The van der Waals surface area contributed by atoms with Gasteiger partial charge in [0.15, 0.2) is 12.4 Å². The molecule has 2 heterocycles. The van der Waals surface area contributed by atoms with Crippen molar-refractivity contribution in [2.45, 2.75) is 0 Å². The van der Waals surface area contributed by atoms with Crippen LogP contribution in [0.3, 0.4) is 0 Å². The normalized spacial score (nSPS) is 13.4. The third-order valence-corrected chi connectivity index (χ3v) is 5.87. The summed E-state index contributed by atoms with van der Waals surface area (Å²) in [6.45, 7) is 1.54. The molecule has 1 fully saturated rings. The van der Waals surface area contributed by atoms with E-state index >= 15 is 0 Å². The van der Waals surface area contributed by atoms with Crippen LogP contribution >= 0.6 is 0 Å². The van der Waals surface area contributed by atoms with E-state index in [2.05, 4.69) is 5.32 Å². The first-order chi connectivity index (χ1) is 17.6. The van der Waals surface area contributed by atoms with Crippen molar-refractivity contribution in [2.75, 3.05) is 38.2 Å². The molecule has 4 aromatic rings. The number of nitrogens with one attached hydrogen (secondary N) is 1. The summed E-state index contributed by atoms with van der Waals surface area (Å²) in [4.78, 5) is 40.1. The summed E-state index contributed by atoms with van der Waals surface area (Å²) in [5, 5.41) is 3.42. The van der Waals surface area contributed by atoms with Crippen LogP contribution in [0.5, 0.6) is 5.75 Å². The average molecular weight is 485 g/mol. The number of para-hydroxylation sites is 1. The highest BCUT2D eigenvalue weighted by Gasteiger charge is 2.27. The molecule has 182 valence electrons. The molecule has 0 radical (unpaired) electrons. The van der Waals surface area contributed by atoms with E-state index in [1.807, 2.05) is 24.3 Å². The molecule has 3 aromatic carbocycles. The van der Waals surface area contributed by atoms with Crippen molar-refractivity contribution in [1.82, 2.24) is 4.90 Å². The molecule has 36 heavy (non-hydrogen) atoms. The second-order valence-electron chi connectivity index (χ2n) is 8.26. The lowest BCUT2D eigenvalue weighted by Crippen LogP contribution is -2.40. The van der Waals surface area contributed by atoms with E-state index in [9.17, 15) is 14.4 Å². The quantitative estimate of drug-likeness (QED) is 0.396. The van der Waals surface area contributed by atoms with Gasteiger partial charge in [-0.05, 0) is 36.4 Å². The number of hydrogen-bond acceptors (Lipinski definition) is 6. The van der Waals surface area contributed by atoms with Crippen LogP contribution in [0.15, 0.2) is 83.3 Å². The standard InChI is InChI=1S/C28H24N2O6/c31-24(18-35-21-12-10-20(11-13-21)26(32)19-6-2-1-3-7-19)29-25-22-8-4-5-9-23(22)36-27(25)28(33)30-14-16-34-17-15-30/h1-13H,14-18H2,(H,29,31). The minimum atomic E-state index is -0.443. The first-order valence-electron chi connectivity index (χ1n) is 11.6. The number of carbonyl (C=O) groups excluding carboxylic acids is 3. The second-order valence-corrected chi connectivity index (χ2v) is 8.26. The third kappa shape index (κ3) is 4.99. The summed E-state index contributed by atoms with van der Waals surface area (Å²) in [7, 11) is 0. The Labute approximate surface area is 207 Å². The summed E-state index contributed by atoms with van der Waals surface area (Å²) >= 11 is 0. The van der Waals surface area contributed by atoms with Crippen LogP contribution in [0.25, 0.3) is 11.0 Å². The first-order valence-corrected chi connectivity index (χ1v) is 11.6. The highest BCUT2D eigenvalue weighted by atomic mass is 16.5. The number of furan rings is 1. The highest BCUT2D eigenvalue weighted by Crippen LogP contribution is 2.32. The molecule has 8 heteroatoms. The Bertz CT molecular complexity index is 1390. The molecule has 8 nitrogen and oxygen atoms in total. The number of fused-ring (bicyclic) bond motifs is 1. The van der Waals surface area contributed by atoms with E-state index in [0.717, 1.165) is 0 Å². The second kappa shape index (κ2) is 10.5. The van der Waals surface area contributed by atoms with E-state index in [0.29, 0.717) is 59.8 Å². The molecule has 5 rings (SSSR count). The van der Waals surface area contributed by atoms with Crippen molar-refractivity contribution in [2.24, 2.45) is 0 Å². The van der Waals surface area contributed by atoms with Crippen molar-refractivity contribution in [3.8, 4) is 5.75 Å². The highest BCUT2D eigenvalue weighted by molar-refractivity contribution is 6.11. The molecule has 1 aromatic heterocycles. The number of morpholine rings is 1. The molecule has 1 aliphatic heterocycles. The van der Waals surface area contributed by atoms with Gasteiger partial charge in [-0.1, -0.05) is 42.5 Å². The van der Waals surface area contributed by atoms with Gasteiger partial charge in [-0.15, -0.1) is 0 Å². The van der Waals surface area contributed by atoms with E-state index in [1.165, 1.54) is 0 Å². The SMILES string of the molecule is O=C(COc1ccc(C(=O)c2ccccc2)cc1)Nc1c(C(=O)N2CCOCC2)oc2ccccc12. The molecular weight excluding hydrogens is 460 g/mol. The van der Waals surface area contributed by atoms with Crippen LogP contribution in [0, 0.1) is 0 Å². The summed E-state index contributed by atoms with van der Waals surface area (Å²) in [6.07, 6.45) is 0. The summed E-state index contributed by atoms with van der Waals surface area (Å²) in [5.74, 6) is -0.317. The lowest BCUT2D eigenvalue weighted by atomic mass is 10.0. The van der Waals surface area contributed by atoms with Gasteiger partial charge in [0.2, 0.25) is 5.76 Å². The Balaban J connectivity index is 1.27. The number of ketones is 1. The molecule has 0 unspecified atom stereocenters. The zero-order chi connectivity index (χ0) is 24.9. The topological polar surface area (TPSA) is 98.1 Å². The fraction of sp³-hybridized carbons (Fsp3) is 0.179. The van der Waals surface area contributed by atoms with Crippen molar-refractivity contribution >= 4 is 34.3 Å². The maximum Gasteiger partial charge on any atom is 0.291 e. The molecule has 0 saturated carbocycles. The van der Waals surface area contributed by atoms with Gasteiger partial charge >= 0.3 is 0 Å². The van der Waals surface area contributed by atoms with Gasteiger partial charge in [-0.2, -0.15) is 0 Å². The molecule has 0 bridgehead atoms. The minimum absolute atomic E-state index is 0.0789. The lowest BCUT2D eigenvalue weighted by Gasteiger charge is -2.26. The molecule has 2 amide bonds. The van der Waals surface area contributed by atoms with Crippen LogP contribution in [0.1, 0.15) is 26.5 Å². The van der Waals surface area contributed by atoms with Gasteiger partial charge in [-0.3, -0.25) is 14.4 Å².